The number of carbonyl (C=O) groups excluding carboxylic acids is 2. The average Bonchev–Trinajstić information content (AvgIpc) is 2.82. The summed E-state index contributed by atoms with van der Waals surface area (Å²) in [6.45, 7) is 4.88. The number of rotatable bonds is 10. The number of nitrogens with one attached hydrogen (secondary N) is 1. The van der Waals surface area contributed by atoms with Gasteiger partial charge in [0.15, 0.2) is 0 Å². The molecule has 34 heavy (non-hydrogen) atoms. The third-order valence-corrected chi connectivity index (χ3v) is 5.80. The van der Waals surface area contributed by atoms with Crippen LogP contribution < -0.4 is 5.32 Å². The highest BCUT2D eigenvalue weighted by molar-refractivity contribution is 6.30. The lowest BCUT2D eigenvalue weighted by Crippen LogP contribution is -2.44. The summed E-state index contributed by atoms with van der Waals surface area (Å²) in [5.41, 5.74) is 2.25. The van der Waals surface area contributed by atoms with E-state index in [9.17, 15) is 14.0 Å². The molecule has 0 radical (unpaired) electrons. The lowest BCUT2D eigenvalue weighted by molar-refractivity contribution is -0.141. The van der Waals surface area contributed by atoms with E-state index in [1.54, 1.807) is 41.3 Å². The quantitative estimate of drug-likeness (QED) is 0.389. The number of nitrogens with zero attached hydrogens (tertiary/aromatic N) is 1. The normalized spacial score (nSPS) is 11.8. The van der Waals surface area contributed by atoms with Crippen LogP contribution in [0.25, 0.3) is 0 Å². The van der Waals surface area contributed by atoms with Crippen molar-refractivity contribution in [3.8, 4) is 0 Å². The SMILES string of the molecule is CC(C)CCNC(=O)[C@H](c1ccccc1)N(Cc1ccc(F)cc1)C(=O)Cc1ccc(Cl)cc1. The van der Waals surface area contributed by atoms with E-state index in [1.807, 2.05) is 30.3 Å². The maximum absolute atomic E-state index is 13.6. The highest BCUT2D eigenvalue weighted by Gasteiger charge is 2.31. The van der Waals surface area contributed by atoms with Gasteiger partial charge < -0.3 is 10.2 Å². The highest BCUT2D eigenvalue weighted by Crippen LogP contribution is 2.25. The van der Waals surface area contributed by atoms with E-state index in [0.29, 0.717) is 17.5 Å². The van der Waals surface area contributed by atoms with Crippen molar-refractivity contribution in [3.63, 3.8) is 0 Å². The highest BCUT2D eigenvalue weighted by atomic mass is 35.5. The van der Waals surface area contributed by atoms with Crippen LogP contribution in [0.3, 0.4) is 0 Å². The van der Waals surface area contributed by atoms with Crippen molar-refractivity contribution in [2.75, 3.05) is 6.54 Å². The summed E-state index contributed by atoms with van der Waals surface area (Å²) in [5, 5.41) is 3.59. The molecule has 0 aromatic heterocycles. The van der Waals surface area contributed by atoms with Gasteiger partial charge >= 0.3 is 0 Å². The molecular weight excluding hydrogens is 451 g/mol. The maximum atomic E-state index is 13.6. The zero-order chi connectivity index (χ0) is 24.5. The molecule has 0 saturated carbocycles. The minimum absolute atomic E-state index is 0.112. The van der Waals surface area contributed by atoms with Crippen LogP contribution in [0.2, 0.25) is 5.02 Å². The van der Waals surface area contributed by atoms with Crippen molar-refractivity contribution in [1.29, 1.82) is 0 Å². The van der Waals surface area contributed by atoms with Crippen LogP contribution in [0.4, 0.5) is 4.39 Å². The molecule has 3 aromatic rings. The van der Waals surface area contributed by atoms with Gasteiger partial charge in [-0.25, -0.2) is 4.39 Å². The van der Waals surface area contributed by atoms with Crippen LogP contribution in [-0.4, -0.2) is 23.3 Å². The van der Waals surface area contributed by atoms with Gasteiger partial charge in [-0.15, -0.1) is 0 Å². The lowest BCUT2D eigenvalue weighted by Gasteiger charge is -2.32. The Morgan fingerprint density at radius 2 is 1.53 bits per heavy atom. The second-order valence-corrected chi connectivity index (χ2v) is 9.17. The summed E-state index contributed by atoms with van der Waals surface area (Å²) in [7, 11) is 0. The summed E-state index contributed by atoms with van der Waals surface area (Å²) in [6.07, 6.45) is 0.949. The first-order chi connectivity index (χ1) is 16.3. The predicted molar refractivity (Wildman–Crippen MR) is 134 cm³/mol. The zero-order valence-corrected chi connectivity index (χ0v) is 20.3. The van der Waals surface area contributed by atoms with E-state index in [4.69, 9.17) is 11.6 Å². The Morgan fingerprint density at radius 3 is 2.15 bits per heavy atom. The standard InChI is InChI=1S/C28H30ClFN2O2/c1-20(2)16-17-31-28(34)27(23-6-4-3-5-7-23)32(19-22-10-14-25(30)15-11-22)26(33)18-21-8-12-24(29)13-9-21/h3-15,20,27H,16-19H2,1-2H3,(H,31,34)/t27-/m0/s1. The Hall–Kier alpha value is -3.18. The van der Waals surface area contributed by atoms with Crippen LogP contribution >= 0.6 is 11.6 Å². The summed E-state index contributed by atoms with van der Waals surface area (Å²) >= 11 is 5.99. The van der Waals surface area contributed by atoms with Crippen molar-refractivity contribution in [3.05, 3.63) is 106 Å². The second-order valence-electron chi connectivity index (χ2n) is 8.74. The lowest BCUT2D eigenvalue weighted by atomic mass is 10.0. The maximum Gasteiger partial charge on any atom is 0.247 e. The number of halogens is 2. The monoisotopic (exact) mass is 480 g/mol. The topological polar surface area (TPSA) is 49.4 Å². The molecule has 3 rings (SSSR count). The van der Waals surface area contributed by atoms with Gasteiger partial charge in [-0.3, -0.25) is 9.59 Å². The van der Waals surface area contributed by atoms with Crippen LogP contribution in [0.5, 0.6) is 0 Å². The van der Waals surface area contributed by atoms with E-state index in [1.165, 1.54) is 12.1 Å². The fraction of sp³-hybridized carbons (Fsp3) is 0.286. The average molecular weight is 481 g/mol. The molecule has 1 N–H and O–H groups in total. The summed E-state index contributed by atoms with van der Waals surface area (Å²) in [4.78, 5) is 28.6. The van der Waals surface area contributed by atoms with Crippen molar-refractivity contribution in [1.82, 2.24) is 10.2 Å². The van der Waals surface area contributed by atoms with Gasteiger partial charge in [0.05, 0.1) is 6.42 Å². The first kappa shape index (κ1) is 25.4. The largest absolute Gasteiger partial charge is 0.354 e. The van der Waals surface area contributed by atoms with E-state index < -0.39 is 6.04 Å². The van der Waals surface area contributed by atoms with Gasteiger partial charge in [-0.1, -0.05) is 80.0 Å². The number of benzene rings is 3. The zero-order valence-electron chi connectivity index (χ0n) is 19.5. The fourth-order valence-electron chi connectivity index (χ4n) is 3.68. The van der Waals surface area contributed by atoms with Crippen molar-refractivity contribution < 1.29 is 14.0 Å². The molecular formula is C28H30ClFN2O2. The van der Waals surface area contributed by atoms with Gasteiger partial charge in [0, 0.05) is 18.1 Å². The van der Waals surface area contributed by atoms with Crippen LogP contribution in [0.1, 0.15) is 43.0 Å². The molecule has 4 nitrogen and oxygen atoms in total. The fourth-order valence-corrected chi connectivity index (χ4v) is 3.80. The molecule has 0 bridgehead atoms. The van der Waals surface area contributed by atoms with Crippen molar-refractivity contribution >= 4 is 23.4 Å². The van der Waals surface area contributed by atoms with Gasteiger partial charge in [0.1, 0.15) is 11.9 Å². The molecule has 0 unspecified atom stereocenters. The summed E-state index contributed by atoms with van der Waals surface area (Å²) in [5.74, 6) is -0.357. The summed E-state index contributed by atoms with van der Waals surface area (Å²) < 4.78 is 13.5. The van der Waals surface area contributed by atoms with E-state index in [-0.39, 0.29) is 30.6 Å². The van der Waals surface area contributed by atoms with Gasteiger partial charge in [-0.2, -0.15) is 0 Å². The van der Waals surface area contributed by atoms with Crippen molar-refractivity contribution in [2.24, 2.45) is 5.92 Å². The number of carbonyl (C=O) groups is 2. The molecule has 0 heterocycles. The smallest absolute Gasteiger partial charge is 0.247 e. The van der Waals surface area contributed by atoms with Crippen molar-refractivity contribution in [2.45, 2.75) is 39.3 Å². The Balaban J connectivity index is 1.95. The second kappa shape index (κ2) is 12.3. The molecule has 0 aliphatic heterocycles. The molecule has 178 valence electrons. The molecule has 0 aliphatic carbocycles. The van der Waals surface area contributed by atoms with Crippen LogP contribution in [0.15, 0.2) is 78.9 Å². The minimum Gasteiger partial charge on any atom is -0.354 e. The molecule has 1 atom stereocenters. The van der Waals surface area contributed by atoms with E-state index in [0.717, 1.165) is 23.1 Å². The Morgan fingerprint density at radius 1 is 0.912 bits per heavy atom. The van der Waals surface area contributed by atoms with Gasteiger partial charge in [-0.05, 0) is 53.3 Å². The van der Waals surface area contributed by atoms with Crippen LogP contribution in [0, 0.1) is 11.7 Å². The van der Waals surface area contributed by atoms with Gasteiger partial charge in [0.2, 0.25) is 11.8 Å². The number of amides is 2. The van der Waals surface area contributed by atoms with E-state index in [2.05, 4.69) is 19.2 Å². The minimum atomic E-state index is -0.821. The first-order valence-electron chi connectivity index (χ1n) is 11.4. The predicted octanol–water partition coefficient (Wildman–Crippen LogP) is 5.95. The molecule has 0 spiro atoms. The Bertz CT molecular complexity index is 1070. The molecule has 3 aromatic carbocycles. The summed E-state index contributed by atoms with van der Waals surface area (Å²) in [6, 6.07) is 21.5. The molecule has 0 aliphatic rings. The molecule has 6 heteroatoms. The molecule has 0 saturated heterocycles. The molecule has 2 amide bonds. The third-order valence-electron chi connectivity index (χ3n) is 5.55. The Labute approximate surface area is 205 Å². The Kier molecular flexibility index (Phi) is 9.23. The van der Waals surface area contributed by atoms with E-state index >= 15 is 0 Å². The first-order valence-corrected chi connectivity index (χ1v) is 11.8. The number of hydrogen-bond donors (Lipinski definition) is 1. The van der Waals surface area contributed by atoms with Crippen LogP contribution in [-0.2, 0) is 22.6 Å². The third kappa shape index (κ3) is 7.42. The molecule has 0 fully saturated rings. The van der Waals surface area contributed by atoms with Gasteiger partial charge in [0.25, 0.3) is 0 Å². The number of hydrogen-bond acceptors (Lipinski definition) is 2.